The van der Waals surface area contributed by atoms with E-state index >= 15 is 0 Å². The van der Waals surface area contributed by atoms with Crippen LogP contribution in [-0.4, -0.2) is 38.5 Å². The maximum Gasteiger partial charge on any atom is 0.227 e. The summed E-state index contributed by atoms with van der Waals surface area (Å²) in [6.07, 6.45) is 5.16. The molecule has 0 aromatic rings. The van der Waals surface area contributed by atoms with Gasteiger partial charge in [-0.3, -0.25) is 9.79 Å². The molecule has 5 heteroatoms. The first-order valence-electron chi connectivity index (χ1n) is 8.12. The molecule has 1 aliphatic carbocycles. The van der Waals surface area contributed by atoms with Crippen LogP contribution >= 0.6 is 0 Å². The van der Waals surface area contributed by atoms with E-state index in [0.29, 0.717) is 18.5 Å². The Bertz CT molecular complexity index is 367. The van der Waals surface area contributed by atoms with Crippen molar-refractivity contribution in [3.05, 3.63) is 0 Å². The Hall–Kier alpha value is -1.26. The normalized spacial score (nSPS) is 17.9. The summed E-state index contributed by atoms with van der Waals surface area (Å²) in [5.74, 6) is 0.851. The third-order valence-electron chi connectivity index (χ3n) is 4.67. The summed E-state index contributed by atoms with van der Waals surface area (Å²) in [7, 11) is 1.77. The molecule has 1 amide bonds. The molecule has 0 saturated heterocycles. The highest BCUT2D eigenvalue weighted by Crippen LogP contribution is 2.42. The summed E-state index contributed by atoms with van der Waals surface area (Å²) in [5, 5.41) is 9.56. The van der Waals surface area contributed by atoms with Gasteiger partial charge >= 0.3 is 0 Å². The van der Waals surface area contributed by atoms with Gasteiger partial charge in [0.2, 0.25) is 5.91 Å². The number of guanidine groups is 1. The third-order valence-corrected chi connectivity index (χ3v) is 4.67. The lowest BCUT2D eigenvalue weighted by atomic mass is 9.67. The SMILES string of the molecule is CCNC(=O)C(C)(C)CNC(=NC)NCC1(CC)CCC1. The summed E-state index contributed by atoms with van der Waals surface area (Å²) in [6, 6.07) is 0. The van der Waals surface area contributed by atoms with E-state index in [1.165, 1.54) is 25.7 Å². The van der Waals surface area contributed by atoms with Crippen LogP contribution < -0.4 is 16.0 Å². The molecule has 0 bridgehead atoms. The minimum Gasteiger partial charge on any atom is -0.356 e. The Morgan fingerprint density at radius 1 is 1.19 bits per heavy atom. The Morgan fingerprint density at radius 2 is 1.86 bits per heavy atom. The molecule has 1 saturated carbocycles. The number of nitrogens with zero attached hydrogens (tertiary/aromatic N) is 1. The first kappa shape index (κ1) is 17.8. The van der Waals surface area contributed by atoms with Crippen LogP contribution in [0.25, 0.3) is 0 Å². The van der Waals surface area contributed by atoms with Gasteiger partial charge < -0.3 is 16.0 Å². The van der Waals surface area contributed by atoms with Crippen molar-refractivity contribution in [3.63, 3.8) is 0 Å². The van der Waals surface area contributed by atoms with Crippen LogP contribution in [0.3, 0.4) is 0 Å². The highest BCUT2D eigenvalue weighted by molar-refractivity contribution is 5.84. The fraction of sp³-hybridized carbons (Fsp3) is 0.875. The van der Waals surface area contributed by atoms with Gasteiger partial charge in [-0.1, -0.05) is 13.3 Å². The molecule has 0 radical (unpaired) electrons. The summed E-state index contributed by atoms with van der Waals surface area (Å²) >= 11 is 0. The zero-order valence-corrected chi connectivity index (χ0v) is 14.3. The standard InChI is InChI=1S/C16H32N4O/c1-6-16(9-8-10-16)12-20-14(17-5)19-11-15(3,4)13(21)18-7-2/h6-12H2,1-5H3,(H,18,21)(H2,17,19,20). The third kappa shape index (κ3) is 4.90. The molecule has 21 heavy (non-hydrogen) atoms. The molecule has 5 nitrogen and oxygen atoms in total. The predicted molar refractivity (Wildman–Crippen MR) is 88.4 cm³/mol. The lowest BCUT2D eigenvalue weighted by Gasteiger charge is -2.41. The Morgan fingerprint density at radius 3 is 2.29 bits per heavy atom. The molecule has 122 valence electrons. The number of aliphatic imine (C=N–C) groups is 1. The van der Waals surface area contributed by atoms with Gasteiger partial charge in [0.05, 0.1) is 5.41 Å². The lowest BCUT2D eigenvalue weighted by Crippen LogP contribution is -2.50. The summed E-state index contributed by atoms with van der Waals surface area (Å²) in [4.78, 5) is 16.2. The molecule has 0 unspecified atom stereocenters. The van der Waals surface area contributed by atoms with E-state index in [2.05, 4.69) is 27.9 Å². The zero-order chi connectivity index (χ0) is 15.9. The Balaban J connectivity index is 2.42. The zero-order valence-electron chi connectivity index (χ0n) is 14.3. The minimum atomic E-state index is -0.452. The van der Waals surface area contributed by atoms with Gasteiger partial charge in [0, 0.05) is 26.7 Å². The number of rotatable bonds is 7. The van der Waals surface area contributed by atoms with E-state index in [1.807, 2.05) is 20.8 Å². The highest BCUT2D eigenvalue weighted by atomic mass is 16.2. The van der Waals surface area contributed by atoms with E-state index in [0.717, 1.165) is 12.5 Å². The van der Waals surface area contributed by atoms with Crippen molar-refractivity contribution in [2.75, 3.05) is 26.7 Å². The number of nitrogens with one attached hydrogen (secondary N) is 3. The largest absolute Gasteiger partial charge is 0.356 e. The van der Waals surface area contributed by atoms with Crippen LogP contribution in [-0.2, 0) is 4.79 Å². The lowest BCUT2D eigenvalue weighted by molar-refractivity contribution is -0.128. The second-order valence-electron chi connectivity index (χ2n) is 6.73. The fourth-order valence-electron chi connectivity index (χ4n) is 2.61. The number of amides is 1. The molecule has 1 aliphatic rings. The van der Waals surface area contributed by atoms with Gasteiger partial charge in [-0.05, 0) is 45.4 Å². The van der Waals surface area contributed by atoms with Crippen LogP contribution in [0.4, 0.5) is 0 Å². The molecule has 0 aromatic carbocycles. The van der Waals surface area contributed by atoms with Crippen LogP contribution in [0.2, 0.25) is 0 Å². The quantitative estimate of drug-likeness (QED) is 0.496. The predicted octanol–water partition coefficient (Wildman–Crippen LogP) is 1.89. The van der Waals surface area contributed by atoms with Crippen LogP contribution in [0.1, 0.15) is 53.4 Å². The first-order chi connectivity index (χ1) is 9.89. The average molecular weight is 296 g/mol. The number of hydrogen-bond donors (Lipinski definition) is 3. The monoisotopic (exact) mass is 296 g/mol. The summed E-state index contributed by atoms with van der Waals surface area (Å²) in [6.45, 7) is 10.3. The summed E-state index contributed by atoms with van der Waals surface area (Å²) < 4.78 is 0. The highest BCUT2D eigenvalue weighted by Gasteiger charge is 2.35. The van der Waals surface area contributed by atoms with Crippen LogP contribution in [0.15, 0.2) is 4.99 Å². The maximum absolute atomic E-state index is 12.0. The van der Waals surface area contributed by atoms with Crippen molar-refractivity contribution >= 4 is 11.9 Å². The molecule has 0 aromatic heterocycles. The smallest absolute Gasteiger partial charge is 0.227 e. The van der Waals surface area contributed by atoms with E-state index < -0.39 is 5.41 Å². The number of carbonyl (C=O) groups is 1. The molecule has 1 rings (SSSR count). The van der Waals surface area contributed by atoms with Gasteiger partial charge in [-0.2, -0.15) is 0 Å². The molecule has 0 heterocycles. The van der Waals surface area contributed by atoms with E-state index in [9.17, 15) is 4.79 Å². The fourth-order valence-corrected chi connectivity index (χ4v) is 2.61. The van der Waals surface area contributed by atoms with Crippen molar-refractivity contribution < 1.29 is 4.79 Å². The summed E-state index contributed by atoms with van der Waals surface area (Å²) in [5.41, 5.74) is -0.000728. The van der Waals surface area contributed by atoms with E-state index in [1.54, 1.807) is 7.05 Å². The Kier molecular flexibility index (Phi) is 6.49. The number of carbonyl (C=O) groups excluding carboxylic acids is 1. The number of hydrogen-bond acceptors (Lipinski definition) is 2. The maximum atomic E-state index is 12.0. The minimum absolute atomic E-state index is 0.0666. The molecule has 0 atom stereocenters. The van der Waals surface area contributed by atoms with Gasteiger partial charge in [0.25, 0.3) is 0 Å². The average Bonchev–Trinajstić information content (AvgIpc) is 2.41. The van der Waals surface area contributed by atoms with Crippen molar-refractivity contribution in [3.8, 4) is 0 Å². The second kappa shape index (κ2) is 7.66. The molecular weight excluding hydrogens is 264 g/mol. The van der Waals surface area contributed by atoms with E-state index in [4.69, 9.17) is 0 Å². The first-order valence-corrected chi connectivity index (χ1v) is 8.12. The van der Waals surface area contributed by atoms with Crippen molar-refractivity contribution in [1.82, 2.24) is 16.0 Å². The molecule has 0 spiro atoms. The van der Waals surface area contributed by atoms with Crippen molar-refractivity contribution in [2.45, 2.75) is 53.4 Å². The van der Waals surface area contributed by atoms with Gasteiger partial charge in [0.1, 0.15) is 0 Å². The second-order valence-corrected chi connectivity index (χ2v) is 6.73. The van der Waals surface area contributed by atoms with Crippen molar-refractivity contribution in [2.24, 2.45) is 15.8 Å². The Labute approximate surface area is 129 Å². The van der Waals surface area contributed by atoms with Crippen LogP contribution in [0.5, 0.6) is 0 Å². The van der Waals surface area contributed by atoms with Gasteiger partial charge in [-0.15, -0.1) is 0 Å². The van der Waals surface area contributed by atoms with Gasteiger partial charge in [-0.25, -0.2) is 0 Å². The van der Waals surface area contributed by atoms with Crippen molar-refractivity contribution in [1.29, 1.82) is 0 Å². The van der Waals surface area contributed by atoms with E-state index in [-0.39, 0.29) is 5.91 Å². The molecule has 3 N–H and O–H groups in total. The van der Waals surface area contributed by atoms with Crippen LogP contribution in [0, 0.1) is 10.8 Å². The topological polar surface area (TPSA) is 65.5 Å². The molecule has 0 aliphatic heterocycles. The van der Waals surface area contributed by atoms with Gasteiger partial charge in [0.15, 0.2) is 5.96 Å². The molecular formula is C16H32N4O. The molecule has 1 fully saturated rings.